The lowest BCUT2D eigenvalue weighted by Crippen LogP contribution is -2.20. The van der Waals surface area contributed by atoms with Gasteiger partial charge in [-0.15, -0.1) is 11.3 Å². The second-order valence-corrected chi connectivity index (χ2v) is 6.12. The quantitative estimate of drug-likeness (QED) is 0.865. The number of aryl methyl sites for hydroxylation is 1. The molecule has 1 N–H and O–H groups in total. The molecule has 0 saturated carbocycles. The molecule has 2 rings (SSSR count). The smallest absolute Gasteiger partial charge is 0.0961 e. The molecule has 0 aromatic carbocycles. The fraction of sp³-hybridized carbons (Fsp3) is 0.333. The second kappa shape index (κ2) is 5.32. The monoisotopic (exact) mass is 271 g/mol. The molecule has 1 nitrogen and oxygen atoms in total. The van der Waals surface area contributed by atoms with Gasteiger partial charge < -0.3 is 5.32 Å². The summed E-state index contributed by atoms with van der Waals surface area (Å²) in [4.78, 5) is 1.29. The van der Waals surface area contributed by atoms with Gasteiger partial charge >= 0.3 is 0 Å². The molecule has 0 amide bonds. The van der Waals surface area contributed by atoms with Crippen LogP contribution in [0.4, 0.5) is 0 Å². The summed E-state index contributed by atoms with van der Waals surface area (Å²) in [6, 6.07) is 4.63. The summed E-state index contributed by atoms with van der Waals surface area (Å²) in [6.07, 6.45) is 0. The summed E-state index contributed by atoms with van der Waals surface area (Å²) in [5.74, 6) is 0. The molecule has 2 aromatic heterocycles. The standard InChI is InChI=1S/C12H14ClNS2/c1-3-14-11(9-4-5-15-7-9)10-6-8(2)12(13)16-10/h4-7,11,14H,3H2,1-2H3. The van der Waals surface area contributed by atoms with E-state index in [0.717, 1.165) is 10.9 Å². The van der Waals surface area contributed by atoms with E-state index in [4.69, 9.17) is 11.6 Å². The van der Waals surface area contributed by atoms with Crippen LogP contribution >= 0.6 is 34.3 Å². The Bertz CT molecular complexity index is 428. The summed E-state index contributed by atoms with van der Waals surface area (Å²) >= 11 is 9.53. The molecular weight excluding hydrogens is 258 g/mol. The molecule has 1 unspecified atom stereocenters. The highest BCUT2D eigenvalue weighted by Gasteiger charge is 2.16. The van der Waals surface area contributed by atoms with Crippen molar-refractivity contribution in [2.75, 3.05) is 6.54 Å². The zero-order chi connectivity index (χ0) is 11.5. The van der Waals surface area contributed by atoms with Crippen LogP contribution in [-0.2, 0) is 0 Å². The van der Waals surface area contributed by atoms with Gasteiger partial charge in [-0.3, -0.25) is 0 Å². The van der Waals surface area contributed by atoms with Crippen molar-refractivity contribution in [2.24, 2.45) is 0 Å². The van der Waals surface area contributed by atoms with Crippen LogP contribution in [0.25, 0.3) is 0 Å². The molecule has 0 radical (unpaired) electrons. The number of halogens is 1. The second-order valence-electron chi connectivity index (χ2n) is 3.65. The highest BCUT2D eigenvalue weighted by Crippen LogP contribution is 2.34. The van der Waals surface area contributed by atoms with Gasteiger partial charge in [0.1, 0.15) is 0 Å². The Labute approximate surface area is 109 Å². The zero-order valence-corrected chi connectivity index (χ0v) is 11.7. The molecule has 0 saturated heterocycles. The molecule has 1 atom stereocenters. The van der Waals surface area contributed by atoms with Crippen molar-refractivity contribution in [3.8, 4) is 0 Å². The third-order valence-corrected chi connectivity index (χ3v) is 4.77. The van der Waals surface area contributed by atoms with Gasteiger partial charge in [0.05, 0.1) is 10.4 Å². The number of rotatable bonds is 4. The van der Waals surface area contributed by atoms with Crippen molar-refractivity contribution >= 4 is 34.3 Å². The van der Waals surface area contributed by atoms with E-state index in [9.17, 15) is 0 Å². The molecule has 2 aromatic rings. The Morgan fingerprint density at radius 2 is 2.31 bits per heavy atom. The Morgan fingerprint density at radius 1 is 1.50 bits per heavy atom. The van der Waals surface area contributed by atoms with Gasteiger partial charge in [-0.2, -0.15) is 11.3 Å². The van der Waals surface area contributed by atoms with Gasteiger partial charge in [0.25, 0.3) is 0 Å². The maximum atomic E-state index is 6.13. The van der Waals surface area contributed by atoms with Gasteiger partial charge in [-0.25, -0.2) is 0 Å². The van der Waals surface area contributed by atoms with E-state index in [1.807, 2.05) is 0 Å². The molecule has 2 heterocycles. The van der Waals surface area contributed by atoms with Crippen molar-refractivity contribution in [3.05, 3.63) is 43.2 Å². The largest absolute Gasteiger partial charge is 0.306 e. The molecule has 4 heteroatoms. The van der Waals surface area contributed by atoms with Crippen molar-refractivity contribution in [1.82, 2.24) is 5.32 Å². The van der Waals surface area contributed by atoms with Gasteiger partial charge in [0.2, 0.25) is 0 Å². The zero-order valence-electron chi connectivity index (χ0n) is 9.29. The fourth-order valence-corrected chi connectivity index (χ4v) is 3.66. The maximum Gasteiger partial charge on any atom is 0.0961 e. The van der Waals surface area contributed by atoms with Crippen LogP contribution in [-0.4, -0.2) is 6.54 Å². The van der Waals surface area contributed by atoms with Crippen LogP contribution in [0.5, 0.6) is 0 Å². The van der Waals surface area contributed by atoms with Crippen molar-refractivity contribution < 1.29 is 0 Å². The van der Waals surface area contributed by atoms with Crippen molar-refractivity contribution in [3.63, 3.8) is 0 Å². The third kappa shape index (κ3) is 2.48. The highest BCUT2D eigenvalue weighted by molar-refractivity contribution is 7.16. The minimum Gasteiger partial charge on any atom is -0.306 e. The molecule has 0 fully saturated rings. The predicted molar refractivity (Wildman–Crippen MR) is 73.9 cm³/mol. The minimum absolute atomic E-state index is 0.285. The van der Waals surface area contributed by atoms with E-state index in [-0.39, 0.29) is 6.04 Å². The summed E-state index contributed by atoms with van der Waals surface area (Å²) in [5, 5.41) is 7.80. The Balaban J connectivity index is 2.32. The van der Waals surface area contributed by atoms with E-state index in [1.165, 1.54) is 16.0 Å². The number of thiophene rings is 2. The Kier molecular flexibility index (Phi) is 4.03. The van der Waals surface area contributed by atoms with Gasteiger partial charge in [-0.1, -0.05) is 18.5 Å². The van der Waals surface area contributed by atoms with Crippen LogP contribution in [0.2, 0.25) is 4.34 Å². The molecule has 0 aliphatic rings. The summed E-state index contributed by atoms with van der Waals surface area (Å²) < 4.78 is 0.896. The molecule has 0 aliphatic carbocycles. The minimum atomic E-state index is 0.285. The van der Waals surface area contributed by atoms with Crippen LogP contribution in [0.3, 0.4) is 0 Å². The van der Waals surface area contributed by atoms with Crippen LogP contribution in [0, 0.1) is 6.92 Å². The topological polar surface area (TPSA) is 12.0 Å². The summed E-state index contributed by atoms with van der Waals surface area (Å²) in [7, 11) is 0. The molecule has 0 aliphatic heterocycles. The van der Waals surface area contributed by atoms with E-state index in [2.05, 4.69) is 42.1 Å². The first-order valence-corrected chi connectivity index (χ1v) is 7.37. The van der Waals surface area contributed by atoms with Crippen LogP contribution in [0.15, 0.2) is 22.9 Å². The number of hydrogen-bond donors (Lipinski definition) is 1. The first-order valence-electron chi connectivity index (χ1n) is 5.23. The fourth-order valence-electron chi connectivity index (χ4n) is 1.65. The van der Waals surface area contributed by atoms with Crippen LogP contribution < -0.4 is 5.32 Å². The molecular formula is C12H14ClNS2. The number of nitrogens with one attached hydrogen (secondary N) is 1. The van der Waals surface area contributed by atoms with Crippen molar-refractivity contribution in [2.45, 2.75) is 19.9 Å². The molecule has 16 heavy (non-hydrogen) atoms. The van der Waals surface area contributed by atoms with Gasteiger partial charge in [0, 0.05) is 4.88 Å². The van der Waals surface area contributed by atoms with Crippen molar-refractivity contribution in [1.29, 1.82) is 0 Å². The third-order valence-electron chi connectivity index (χ3n) is 2.45. The first kappa shape index (κ1) is 12.1. The SMILES string of the molecule is CCNC(c1ccsc1)c1cc(C)c(Cl)s1. The van der Waals surface area contributed by atoms with E-state index in [1.54, 1.807) is 22.7 Å². The number of hydrogen-bond acceptors (Lipinski definition) is 3. The maximum absolute atomic E-state index is 6.13. The summed E-state index contributed by atoms with van der Waals surface area (Å²) in [6.45, 7) is 5.13. The lowest BCUT2D eigenvalue weighted by Gasteiger charge is -2.14. The lowest BCUT2D eigenvalue weighted by atomic mass is 10.1. The van der Waals surface area contributed by atoms with Gasteiger partial charge in [-0.05, 0) is 47.5 Å². The van der Waals surface area contributed by atoms with E-state index < -0.39 is 0 Å². The average Bonchev–Trinajstić information content (AvgIpc) is 2.86. The highest BCUT2D eigenvalue weighted by atomic mass is 35.5. The molecule has 86 valence electrons. The normalized spacial score (nSPS) is 12.9. The average molecular weight is 272 g/mol. The Morgan fingerprint density at radius 3 is 2.81 bits per heavy atom. The lowest BCUT2D eigenvalue weighted by molar-refractivity contribution is 0.641. The molecule has 0 bridgehead atoms. The van der Waals surface area contributed by atoms with E-state index in [0.29, 0.717) is 0 Å². The first-order chi connectivity index (χ1) is 7.72. The van der Waals surface area contributed by atoms with Gasteiger partial charge in [0.15, 0.2) is 0 Å². The van der Waals surface area contributed by atoms with Crippen LogP contribution in [0.1, 0.15) is 29.0 Å². The Hall–Kier alpha value is -0.350. The summed E-state index contributed by atoms with van der Waals surface area (Å²) in [5.41, 5.74) is 2.49. The van der Waals surface area contributed by atoms with E-state index >= 15 is 0 Å². The predicted octanol–water partition coefficient (Wildman–Crippen LogP) is 4.47. The molecule has 0 spiro atoms.